The highest BCUT2D eigenvalue weighted by molar-refractivity contribution is 5.76. The molecule has 1 aromatic carbocycles. The highest BCUT2D eigenvalue weighted by Gasteiger charge is 2.36. The number of carbonyl (C=O) groups is 1. The van der Waals surface area contributed by atoms with E-state index in [0.717, 1.165) is 42.9 Å². The van der Waals surface area contributed by atoms with Crippen LogP contribution in [0.3, 0.4) is 0 Å². The van der Waals surface area contributed by atoms with Crippen LogP contribution in [0.4, 0.5) is 0 Å². The average Bonchev–Trinajstić information content (AvgIpc) is 3.11. The first kappa shape index (κ1) is 17.0. The SMILES string of the molecule is O=C(CCc1ccccn1)N[C@@H](c1ccc2c(c1)CCO2)C1CC(O)C1. The third-order valence-corrected chi connectivity index (χ3v) is 5.34. The van der Waals surface area contributed by atoms with Crippen LogP contribution in [-0.4, -0.2) is 28.7 Å². The smallest absolute Gasteiger partial charge is 0.220 e. The fourth-order valence-corrected chi connectivity index (χ4v) is 3.81. The molecule has 0 spiro atoms. The summed E-state index contributed by atoms with van der Waals surface area (Å²) in [6.45, 7) is 0.724. The minimum absolute atomic E-state index is 0.0267. The largest absolute Gasteiger partial charge is 0.493 e. The molecule has 1 aliphatic carbocycles. The second kappa shape index (κ2) is 7.46. The van der Waals surface area contributed by atoms with Crippen molar-refractivity contribution in [3.63, 3.8) is 0 Å². The number of aromatic nitrogens is 1. The Kier molecular flexibility index (Phi) is 4.89. The fourth-order valence-electron chi connectivity index (χ4n) is 3.81. The molecular formula is C21H24N2O3. The molecule has 1 amide bonds. The zero-order chi connectivity index (χ0) is 17.9. The van der Waals surface area contributed by atoms with Crippen molar-refractivity contribution in [2.75, 3.05) is 6.61 Å². The number of aliphatic hydroxyl groups is 1. The lowest BCUT2D eigenvalue weighted by atomic mass is 9.74. The van der Waals surface area contributed by atoms with Gasteiger partial charge < -0.3 is 15.2 Å². The number of ether oxygens (including phenoxy) is 1. The van der Waals surface area contributed by atoms with Crippen LogP contribution in [0, 0.1) is 5.92 Å². The predicted octanol–water partition coefficient (Wildman–Crippen LogP) is 2.58. The van der Waals surface area contributed by atoms with Crippen LogP contribution in [0.2, 0.25) is 0 Å². The fraction of sp³-hybridized carbons (Fsp3) is 0.429. The molecule has 5 heteroatoms. The van der Waals surface area contributed by atoms with Crippen molar-refractivity contribution in [1.29, 1.82) is 0 Å². The zero-order valence-corrected chi connectivity index (χ0v) is 14.7. The van der Waals surface area contributed by atoms with Crippen LogP contribution < -0.4 is 10.1 Å². The topological polar surface area (TPSA) is 71.5 Å². The minimum atomic E-state index is -0.245. The van der Waals surface area contributed by atoms with Crippen LogP contribution in [-0.2, 0) is 17.6 Å². The number of nitrogens with one attached hydrogen (secondary N) is 1. The summed E-state index contributed by atoms with van der Waals surface area (Å²) in [5.41, 5.74) is 3.24. The van der Waals surface area contributed by atoms with Gasteiger partial charge in [-0.2, -0.15) is 0 Å². The summed E-state index contributed by atoms with van der Waals surface area (Å²) < 4.78 is 5.59. The number of nitrogens with zero attached hydrogens (tertiary/aromatic N) is 1. The molecule has 26 heavy (non-hydrogen) atoms. The lowest BCUT2D eigenvalue weighted by molar-refractivity contribution is -0.123. The molecule has 2 aromatic rings. The quantitative estimate of drug-likeness (QED) is 0.838. The first-order valence-corrected chi connectivity index (χ1v) is 9.32. The second-order valence-corrected chi connectivity index (χ2v) is 7.22. The summed E-state index contributed by atoms with van der Waals surface area (Å²) in [4.78, 5) is 16.8. The summed E-state index contributed by atoms with van der Waals surface area (Å²) in [5.74, 6) is 1.26. The molecule has 1 aliphatic heterocycles. The van der Waals surface area contributed by atoms with Crippen molar-refractivity contribution in [2.24, 2.45) is 5.92 Å². The van der Waals surface area contributed by atoms with Crippen molar-refractivity contribution >= 4 is 5.91 Å². The zero-order valence-electron chi connectivity index (χ0n) is 14.7. The Morgan fingerprint density at radius 1 is 1.31 bits per heavy atom. The number of pyridine rings is 1. The van der Waals surface area contributed by atoms with E-state index >= 15 is 0 Å². The van der Waals surface area contributed by atoms with Crippen molar-refractivity contribution in [3.8, 4) is 5.75 Å². The van der Waals surface area contributed by atoms with E-state index in [1.807, 2.05) is 30.3 Å². The molecule has 2 heterocycles. The summed E-state index contributed by atoms with van der Waals surface area (Å²) in [7, 11) is 0. The normalized spacial score (nSPS) is 22.0. The molecule has 2 N–H and O–H groups in total. The summed E-state index contributed by atoms with van der Waals surface area (Å²) in [6, 6.07) is 11.9. The van der Waals surface area contributed by atoms with E-state index in [-0.39, 0.29) is 24.0 Å². The molecule has 4 rings (SSSR count). The van der Waals surface area contributed by atoms with Crippen LogP contribution in [0.5, 0.6) is 5.75 Å². The van der Waals surface area contributed by atoms with E-state index in [4.69, 9.17) is 4.74 Å². The molecule has 1 fully saturated rings. The summed E-state index contributed by atoms with van der Waals surface area (Å²) >= 11 is 0. The third kappa shape index (κ3) is 3.73. The van der Waals surface area contributed by atoms with Crippen molar-refractivity contribution in [2.45, 2.75) is 44.2 Å². The molecule has 1 saturated carbocycles. The van der Waals surface area contributed by atoms with E-state index in [2.05, 4.69) is 16.4 Å². The number of aliphatic hydroxyl groups excluding tert-OH is 1. The number of hydrogen-bond acceptors (Lipinski definition) is 4. The van der Waals surface area contributed by atoms with Gasteiger partial charge in [0.15, 0.2) is 0 Å². The molecule has 5 nitrogen and oxygen atoms in total. The van der Waals surface area contributed by atoms with Gasteiger partial charge in [-0.25, -0.2) is 0 Å². The Morgan fingerprint density at radius 3 is 2.96 bits per heavy atom. The lowest BCUT2D eigenvalue weighted by Gasteiger charge is -2.38. The molecule has 0 bridgehead atoms. The van der Waals surface area contributed by atoms with Crippen LogP contribution in [0.1, 0.15) is 42.1 Å². The van der Waals surface area contributed by atoms with Gasteiger partial charge in [0.1, 0.15) is 5.75 Å². The Labute approximate surface area is 153 Å². The number of hydrogen-bond donors (Lipinski definition) is 2. The highest BCUT2D eigenvalue weighted by atomic mass is 16.5. The second-order valence-electron chi connectivity index (χ2n) is 7.22. The Bertz CT molecular complexity index is 772. The number of amides is 1. The van der Waals surface area contributed by atoms with Gasteiger partial charge in [0, 0.05) is 24.7 Å². The first-order chi connectivity index (χ1) is 12.7. The first-order valence-electron chi connectivity index (χ1n) is 9.32. The van der Waals surface area contributed by atoms with E-state index in [0.29, 0.717) is 12.8 Å². The van der Waals surface area contributed by atoms with Gasteiger partial charge in [-0.15, -0.1) is 0 Å². The maximum atomic E-state index is 12.5. The molecular weight excluding hydrogens is 328 g/mol. The van der Waals surface area contributed by atoms with Gasteiger partial charge in [-0.05, 0) is 60.6 Å². The lowest BCUT2D eigenvalue weighted by Crippen LogP contribution is -2.41. The van der Waals surface area contributed by atoms with Crippen LogP contribution in [0.15, 0.2) is 42.6 Å². The third-order valence-electron chi connectivity index (χ3n) is 5.34. The van der Waals surface area contributed by atoms with Gasteiger partial charge in [-0.3, -0.25) is 9.78 Å². The van der Waals surface area contributed by atoms with Crippen molar-refractivity contribution in [3.05, 3.63) is 59.4 Å². The molecule has 136 valence electrons. The minimum Gasteiger partial charge on any atom is -0.493 e. The molecule has 0 saturated heterocycles. The average molecular weight is 352 g/mol. The standard InChI is InChI=1S/C21H24N2O3/c24-18-12-16(13-18)21(15-4-6-19-14(11-15)8-10-26-19)23-20(25)7-5-17-3-1-2-9-22-17/h1-4,6,9,11,16,18,21,24H,5,7-8,10,12-13H2,(H,23,25)/t16?,18?,21-/m0/s1. The Morgan fingerprint density at radius 2 is 2.19 bits per heavy atom. The monoisotopic (exact) mass is 352 g/mol. The van der Waals surface area contributed by atoms with Gasteiger partial charge in [0.05, 0.1) is 18.8 Å². The number of carbonyl (C=O) groups excluding carboxylic acids is 1. The van der Waals surface area contributed by atoms with Gasteiger partial charge in [-0.1, -0.05) is 12.1 Å². The van der Waals surface area contributed by atoms with Gasteiger partial charge in [0.25, 0.3) is 0 Å². The summed E-state index contributed by atoms with van der Waals surface area (Å²) in [6.07, 6.45) is 4.93. The van der Waals surface area contributed by atoms with E-state index in [1.165, 1.54) is 5.56 Å². The van der Waals surface area contributed by atoms with Gasteiger partial charge in [0.2, 0.25) is 5.91 Å². The maximum absolute atomic E-state index is 12.5. The maximum Gasteiger partial charge on any atom is 0.220 e. The predicted molar refractivity (Wildman–Crippen MR) is 97.8 cm³/mol. The number of aryl methyl sites for hydroxylation is 1. The van der Waals surface area contributed by atoms with Crippen molar-refractivity contribution < 1.29 is 14.6 Å². The molecule has 1 atom stereocenters. The van der Waals surface area contributed by atoms with E-state index in [9.17, 15) is 9.90 Å². The van der Waals surface area contributed by atoms with Crippen LogP contribution >= 0.6 is 0 Å². The summed E-state index contributed by atoms with van der Waals surface area (Å²) in [5, 5.41) is 12.9. The van der Waals surface area contributed by atoms with E-state index in [1.54, 1.807) is 6.20 Å². The Balaban J connectivity index is 1.44. The number of fused-ring (bicyclic) bond motifs is 1. The number of benzene rings is 1. The van der Waals surface area contributed by atoms with Crippen LogP contribution in [0.25, 0.3) is 0 Å². The van der Waals surface area contributed by atoms with Gasteiger partial charge >= 0.3 is 0 Å². The van der Waals surface area contributed by atoms with E-state index < -0.39 is 0 Å². The molecule has 0 radical (unpaired) electrons. The highest BCUT2D eigenvalue weighted by Crippen LogP contribution is 2.39. The molecule has 1 aromatic heterocycles. The molecule has 2 aliphatic rings. The number of rotatable bonds is 6. The Hall–Kier alpha value is -2.40. The molecule has 0 unspecified atom stereocenters. The van der Waals surface area contributed by atoms with Crippen molar-refractivity contribution in [1.82, 2.24) is 10.3 Å².